The second-order valence-corrected chi connectivity index (χ2v) is 11.4. The van der Waals surface area contributed by atoms with Crippen LogP contribution in [0.15, 0.2) is 84.7 Å². The number of aromatic amines is 1. The van der Waals surface area contributed by atoms with Crippen LogP contribution in [0, 0.1) is 6.92 Å². The number of rotatable bonds is 7. The average molecular weight is 636 g/mol. The number of ether oxygens (including phenoxy) is 1. The van der Waals surface area contributed by atoms with Gasteiger partial charge in [-0.25, -0.2) is 8.42 Å². The summed E-state index contributed by atoms with van der Waals surface area (Å²) in [6.45, 7) is 1.26. The van der Waals surface area contributed by atoms with E-state index in [1.54, 1.807) is 42.5 Å². The highest BCUT2D eigenvalue weighted by Crippen LogP contribution is 2.37. The third-order valence-electron chi connectivity index (χ3n) is 5.29. The van der Waals surface area contributed by atoms with Crippen LogP contribution in [0.25, 0.3) is 10.9 Å². The van der Waals surface area contributed by atoms with Crippen molar-refractivity contribution < 1.29 is 23.1 Å². The van der Waals surface area contributed by atoms with Gasteiger partial charge in [-0.2, -0.15) is 0 Å². The highest BCUT2D eigenvalue weighted by Gasteiger charge is 2.28. The van der Waals surface area contributed by atoms with Crippen LogP contribution >= 0.6 is 31.9 Å². The summed E-state index contributed by atoms with van der Waals surface area (Å²) in [7, 11) is -2.69. The Morgan fingerprint density at radius 2 is 1.81 bits per heavy atom. The van der Waals surface area contributed by atoms with Crippen LogP contribution in [0.2, 0.25) is 0 Å². The van der Waals surface area contributed by atoms with E-state index < -0.39 is 22.5 Å². The number of benzene rings is 3. The molecule has 0 radical (unpaired) electrons. The number of hydrogen-bond acceptors (Lipinski definition) is 6. The number of aromatic hydroxyl groups is 1. The Bertz CT molecular complexity index is 1580. The Morgan fingerprint density at radius 3 is 2.47 bits per heavy atom. The van der Waals surface area contributed by atoms with E-state index in [0.29, 0.717) is 21.1 Å². The first-order chi connectivity index (χ1) is 17.1. The van der Waals surface area contributed by atoms with E-state index in [4.69, 9.17) is 4.74 Å². The standard InChI is InChI=1S/C24H20Br2N4O5S/c1-14-3-6-16(7-4-14)30(36(33,34)17-8-10-21(35-2)19(26)12-17)13-22(31)28-29-23-18-11-15(25)5-9-20(18)27-24(23)32/h3-12,27,32H,13H2,1-2H3. The molecule has 0 saturated carbocycles. The minimum atomic E-state index is -4.17. The molecule has 0 aliphatic heterocycles. The molecule has 186 valence electrons. The van der Waals surface area contributed by atoms with Crippen LogP contribution in [0.3, 0.4) is 0 Å². The molecule has 4 aromatic rings. The first kappa shape index (κ1) is 25.9. The van der Waals surface area contributed by atoms with E-state index in [-0.39, 0.29) is 22.2 Å². The SMILES string of the molecule is COc1ccc(S(=O)(=O)N(CC(=O)N=Nc2c(O)[nH]c3ccc(Br)cc23)c2ccc(C)cc2)cc1Br. The molecule has 0 spiro atoms. The van der Waals surface area contributed by atoms with Crippen LogP contribution in [0.1, 0.15) is 5.56 Å². The first-order valence-electron chi connectivity index (χ1n) is 10.5. The van der Waals surface area contributed by atoms with Crippen molar-refractivity contribution in [1.29, 1.82) is 0 Å². The van der Waals surface area contributed by atoms with Crippen LogP contribution in [0.5, 0.6) is 11.6 Å². The van der Waals surface area contributed by atoms with Crippen molar-refractivity contribution in [3.63, 3.8) is 0 Å². The maximum absolute atomic E-state index is 13.6. The molecule has 36 heavy (non-hydrogen) atoms. The molecule has 1 amide bonds. The highest BCUT2D eigenvalue weighted by molar-refractivity contribution is 9.10. The molecule has 1 aromatic heterocycles. The number of carbonyl (C=O) groups is 1. The molecule has 1 heterocycles. The van der Waals surface area contributed by atoms with Crippen LogP contribution < -0.4 is 9.04 Å². The molecule has 2 N–H and O–H groups in total. The number of amides is 1. The topological polar surface area (TPSA) is 124 Å². The largest absolute Gasteiger partial charge is 0.496 e. The zero-order valence-electron chi connectivity index (χ0n) is 19.1. The van der Waals surface area contributed by atoms with Gasteiger partial charge in [0, 0.05) is 9.86 Å². The number of nitrogens with one attached hydrogen (secondary N) is 1. The second-order valence-electron chi connectivity index (χ2n) is 7.75. The lowest BCUT2D eigenvalue weighted by Crippen LogP contribution is -2.35. The molecule has 0 fully saturated rings. The van der Waals surface area contributed by atoms with Crippen LogP contribution in [0.4, 0.5) is 11.4 Å². The molecule has 0 bridgehead atoms. The third kappa shape index (κ3) is 5.30. The van der Waals surface area contributed by atoms with E-state index in [1.807, 2.05) is 6.92 Å². The number of fused-ring (bicyclic) bond motifs is 1. The fourth-order valence-electron chi connectivity index (χ4n) is 3.46. The van der Waals surface area contributed by atoms with E-state index >= 15 is 0 Å². The Kier molecular flexibility index (Phi) is 7.48. The summed E-state index contributed by atoms with van der Waals surface area (Å²) in [5, 5.41) is 18.4. The normalized spacial score (nSPS) is 11.8. The number of carbonyl (C=O) groups excluding carboxylic acids is 1. The monoisotopic (exact) mass is 634 g/mol. The average Bonchev–Trinajstić information content (AvgIpc) is 3.15. The third-order valence-corrected chi connectivity index (χ3v) is 8.17. The Balaban J connectivity index is 1.69. The number of nitrogens with zero attached hydrogens (tertiary/aromatic N) is 3. The molecular weight excluding hydrogens is 616 g/mol. The summed E-state index contributed by atoms with van der Waals surface area (Å²) < 4.78 is 34.5. The number of hydrogen-bond donors (Lipinski definition) is 2. The Hall–Kier alpha value is -3.22. The fourth-order valence-corrected chi connectivity index (χ4v) is 5.95. The summed E-state index contributed by atoms with van der Waals surface area (Å²) in [6.07, 6.45) is 0. The predicted molar refractivity (Wildman–Crippen MR) is 144 cm³/mol. The van der Waals surface area contributed by atoms with E-state index in [0.717, 1.165) is 14.3 Å². The number of sulfonamides is 1. The number of aryl methyl sites for hydroxylation is 1. The molecule has 0 unspecified atom stereocenters. The smallest absolute Gasteiger partial charge is 0.285 e. The summed E-state index contributed by atoms with van der Waals surface area (Å²) in [5.74, 6) is -0.618. The number of H-pyrrole nitrogens is 1. The summed E-state index contributed by atoms with van der Waals surface area (Å²) in [6, 6.07) is 16.3. The predicted octanol–water partition coefficient (Wildman–Crippen LogP) is 6.22. The van der Waals surface area contributed by atoms with Gasteiger partial charge in [-0.3, -0.25) is 9.10 Å². The maximum atomic E-state index is 13.6. The minimum Gasteiger partial charge on any atom is -0.496 e. The molecule has 9 nitrogen and oxygen atoms in total. The van der Waals surface area contributed by atoms with Crippen LogP contribution in [-0.4, -0.2) is 38.1 Å². The van der Waals surface area contributed by atoms with Gasteiger partial charge >= 0.3 is 0 Å². The van der Waals surface area contributed by atoms with Crippen molar-refractivity contribution in [1.82, 2.24) is 4.98 Å². The van der Waals surface area contributed by atoms with Gasteiger partial charge in [-0.05, 0) is 71.4 Å². The molecule has 4 rings (SSSR count). The van der Waals surface area contributed by atoms with Crippen molar-refractivity contribution in [3.05, 3.63) is 75.2 Å². The van der Waals surface area contributed by atoms with Gasteiger partial charge in [-0.1, -0.05) is 33.6 Å². The second kappa shape index (κ2) is 10.4. The van der Waals surface area contributed by atoms with E-state index in [9.17, 15) is 18.3 Å². The quantitative estimate of drug-likeness (QED) is 0.233. The molecule has 0 aliphatic carbocycles. The van der Waals surface area contributed by atoms with Gasteiger partial charge in [-0.15, -0.1) is 10.2 Å². The number of aromatic nitrogens is 1. The van der Waals surface area contributed by atoms with Crippen LogP contribution in [-0.2, 0) is 14.8 Å². The van der Waals surface area contributed by atoms with Crippen molar-refractivity contribution in [2.45, 2.75) is 11.8 Å². The maximum Gasteiger partial charge on any atom is 0.285 e. The van der Waals surface area contributed by atoms with Crippen molar-refractivity contribution in [3.8, 4) is 11.6 Å². The summed E-state index contributed by atoms with van der Waals surface area (Å²) in [4.78, 5) is 15.6. The summed E-state index contributed by atoms with van der Waals surface area (Å²) in [5.41, 5.74) is 1.89. The lowest BCUT2D eigenvalue weighted by molar-refractivity contribution is -0.116. The summed E-state index contributed by atoms with van der Waals surface area (Å²) >= 11 is 6.66. The van der Waals surface area contributed by atoms with Gasteiger partial charge in [0.1, 0.15) is 12.3 Å². The zero-order valence-corrected chi connectivity index (χ0v) is 23.1. The first-order valence-corrected chi connectivity index (χ1v) is 13.5. The fraction of sp³-hybridized carbons (Fsp3) is 0.125. The van der Waals surface area contributed by atoms with Gasteiger partial charge in [0.15, 0.2) is 5.69 Å². The van der Waals surface area contributed by atoms with Crippen molar-refractivity contribution in [2.24, 2.45) is 10.2 Å². The molecule has 0 aliphatic rings. The van der Waals surface area contributed by atoms with Crippen molar-refractivity contribution in [2.75, 3.05) is 18.0 Å². The molecular formula is C24H20Br2N4O5S. The number of azo groups is 1. The molecule has 3 aromatic carbocycles. The van der Waals surface area contributed by atoms with E-state index in [1.165, 1.54) is 25.3 Å². The number of halogens is 2. The molecule has 12 heteroatoms. The lowest BCUT2D eigenvalue weighted by Gasteiger charge is -2.23. The highest BCUT2D eigenvalue weighted by atomic mass is 79.9. The van der Waals surface area contributed by atoms with Gasteiger partial charge in [0.25, 0.3) is 15.9 Å². The zero-order chi connectivity index (χ0) is 26.0. The van der Waals surface area contributed by atoms with E-state index in [2.05, 4.69) is 47.1 Å². The van der Waals surface area contributed by atoms with Gasteiger partial charge in [0.05, 0.1) is 27.7 Å². The molecule has 0 saturated heterocycles. The van der Waals surface area contributed by atoms with Gasteiger partial charge in [0.2, 0.25) is 5.88 Å². The Labute approximate surface area is 224 Å². The number of anilines is 1. The lowest BCUT2D eigenvalue weighted by atomic mass is 10.2. The van der Waals surface area contributed by atoms with Gasteiger partial charge < -0.3 is 14.8 Å². The number of methoxy groups -OCH3 is 1. The van der Waals surface area contributed by atoms with Crippen molar-refractivity contribution >= 4 is 70.1 Å². The molecule has 0 atom stereocenters. The minimum absolute atomic E-state index is 0.0420. The Morgan fingerprint density at radius 1 is 1.08 bits per heavy atom.